The number of anilines is 1. The summed E-state index contributed by atoms with van der Waals surface area (Å²) in [6, 6.07) is 0.694. The second-order valence-electron chi connectivity index (χ2n) is 4.61. The predicted molar refractivity (Wildman–Crippen MR) is 65.5 cm³/mol. The summed E-state index contributed by atoms with van der Waals surface area (Å²) in [7, 11) is 1.68. The lowest BCUT2D eigenvalue weighted by atomic mass is 10.1. The van der Waals surface area contributed by atoms with Crippen molar-refractivity contribution in [3.05, 3.63) is 41.2 Å². The van der Waals surface area contributed by atoms with E-state index in [9.17, 15) is 13.6 Å². The Kier molecular flexibility index (Phi) is 2.75. The van der Waals surface area contributed by atoms with Crippen molar-refractivity contribution in [2.24, 2.45) is 12.8 Å². The molecule has 0 saturated heterocycles. The van der Waals surface area contributed by atoms with Crippen LogP contribution in [0.4, 0.5) is 14.5 Å². The summed E-state index contributed by atoms with van der Waals surface area (Å²) in [6.45, 7) is 0.0657. The third-order valence-corrected chi connectivity index (χ3v) is 3.18. The molecule has 1 atom stereocenters. The van der Waals surface area contributed by atoms with Crippen molar-refractivity contribution in [2.45, 2.75) is 12.6 Å². The van der Waals surface area contributed by atoms with Crippen molar-refractivity contribution in [1.82, 2.24) is 15.0 Å². The molecule has 0 fully saturated rings. The van der Waals surface area contributed by atoms with Gasteiger partial charge in [0.2, 0.25) is 5.91 Å². The van der Waals surface area contributed by atoms with E-state index in [1.807, 2.05) is 0 Å². The van der Waals surface area contributed by atoms with E-state index in [1.54, 1.807) is 13.2 Å². The third-order valence-electron chi connectivity index (χ3n) is 3.18. The van der Waals surface area contributed by atoms with Gasteiger partial charge in [0.15, 0.2) is 0 Å². The lowest BCUT2D eigenvalue weighted by molar-refractivity contribution is -0.119. The molecule has 0 radical (unpaired) electrons. The number of nitrogens with two attached hydrogens (primary N) is 1. The van der Waals surface area contributed by atoms with E-state index in [2.05, 4.69) is 10.3 Å². The van der Waals surface area contributed by atoms with Gasteiger partial charge in [0.05, 0.1) is 12.2 Å². The standard InChI is InChI=1S/C12H11F2N5O/c1-18-4-7(16-17-18)5-19-9-3-6(13)2-8(14)10(9)11(15)12(19)20/h2-4,11H,5,15H2,1H3. The number of hydrogen-bond donors (Lipinski definition) is 1. The van der Waals surface area contributed by atoms with Crippen LogP contribution in [0.3, 0.4) is 0 Å². The summed E-state index contributed by atoms with van der Waals surface area (Å²) >= 11 is 0. The van der Waals surface area contributed by atoms with E-state index < -0.39 is 23.6 Å². The fourth-order valence-corrected chi connectivity index (χ4v) is 2.31. The number of aromatic nitrogens is 3. The lowest BCUT2D eigenvalue weighted by Gasteiger charge is -2.15. The van der Waals surface area contributed by atoms with E-state index in [0.717, 1.165) is 12.1 Å². The van der Waals surface area contributed by atoms with Crippen LogP contribution < -0.4 is 10.6 Å². The zero-order chi connectivity index (χ0) is 14.4. The van der Waals surface area contributed by atoms with Gasteiger partial charge in [0, 0.05) is 24.9 Å². The molecule has 1 aromatic heterocycles. The number of halogens is 2. The Bertz CT molecular complexity index is 699. The van der Waals surface area contributed by atoms with Crippen molar-refractivity contribution in [3.63, 3.8) is 0 Å². The second kappa shape index (κ2) is 4.34. The smallest absolute Gasteiger partial charge is 0.249 e. The van der Waals surface area contributed by atoms with Gasteiger partial charge in [-0.25, -0.2) is 8.78 Å². The number of fused-ring (bicyclic) bond motifs is 1. The molecule has 1 aliphatic heterocycles. The highest BCUT2D eigenvalue weighted by Crippen LogP contribution is 2.37. The molecular formula is C12H11F2N5O. The minimum atomic E-state index is -1.12. The first-order chi connectivity index (χ1) is 9.47. The van der Waals surface area contributed by atoms with Gasteiger partial charge in [-0.3, -0.25) is 9.48 Å². The van der Waals surface area contributed by atoms with Crippen molar-refractivity contribution in [2.75, 3.05) is 4.90 Å². The van der Waals surface area contributed by atoms with Crippen LogP contribution in [0.25, 0.3) is 0 Å². The molecule has 0 saturated carbocycles. The highest BCUT2D eigenvalue weighted by atomic mass is 19.1. The molecule has 0 spiro atoms. The van der Waals surface area contributed by atoms with Crippen LogP contribution in [-0.4, -0.2) is 20.9 Å². The molecule has 2 heterocycles. The highest BCUT2D eigenvalue weighted by molar-refractivity contribution is 6.04. The molecule has 8 heteroatoms. The maximum absolute atomic E-state index is 13.8. The second-order valence-corrected chi connectivity index (χ2v) is 4.61. The molecule has 1 unspecified atom stereocenters. The normalized spacial score (nSPS) is 17.7. The number of aryl methyl sites for hydroxylation is 1. The first-order valence-electron chi connectivity index (χ1n) is 5.88. The van der Waals surface area contributed by atoms with Crippen LogP contribution in [0.5, 0.6) is 0 Å². The molecule has 1 aliphatic rings. The van der Waals surface area contributed by atoms with Gasteiger partial charge in [-0.05, 0) is 6.07 Å². The van der Waals surface area contributed by atoms with E-state index in [1.165, 1.54) is 9.58 Å². The minimum Gasteiger partial charge on any atom is -0.316 e. The number of carbonyl (C=O) groups is 1. The third kappa shape index (κ3) is 1.85. The first kappa shape index (κ1) is 12.7. The predicted octanol–water partition coefficient (Wildman–Crippen LogP) is 0.640. The number of nitrogens with zero attached hydrogens (tertiary/aromatic N) is 4. The quantitative estimate of drug-likeness (QED) is 0.875. The van der Waals surface area contributed by atoms with E-state index >= 15 is 0 Å². The van der Waals surface area contributed by atoms with Crippen LogP contribution in [0.15, 0.2) is 18.3 Å². The average Bonchev–Trinajstić information content (AvgIpc) is 2.87. The highest BCUT2D eigenvalue weighted by Gasteiger charge is 2.38. The van der Waals surface area contributed by atoms with E-state index in [0.29, 0.717) is 5.69 Å². The Morgan fingerprint density at radius 2 is 2.15 bits per heavy atom. The van der Waals surface area contributed by atoms with E-state index in [-0.39, 0.29) is 17.8 Å². The summed E-state index contributed by atoms with van der Waals surface area (Å²) in [4.78, 5) is 13.3. The van der Waals surface area contributed by atoms with Gasteiger partial charge < -0.3 is 10.6 Å². The van der Waals surface area contributed by atoms with Gasteiger partial charge in [-0.2, -0.15) is 0 Å². The Morgan fingerprint density at radius 3 is 2.80 bits per heavy atom. The number of benzene rings is 1. The van der Waals surface area contributed by atoms with Gasteiger partial charge >= 0.3 is 0 Å². The first-order valence-corrected chi connectivity index (χ1v) is 5.88. The number of rotatable bonds is 2. The number of carbonyl (C=O) groups excluding carboxylic acids is 1. The SMILES string of the molecule is Cn1cc(CN2C(=O)C(N)c3c(F)cc(F)cc32)nn1. The largest absolute Gasteiger partial charge is 0.316 e. The van der Waals surface area contributed by atoms with Crippen molar-refractivity contribution >= 4 is 11.6 Å². The van der Waals surface area contributed by atoms with Crippen molar-refractivity contribution in [1.29, 1.82) is 0 Å². The fourth-order valence-electron chi connectivity index (χ4n) is 2.31. The molecule has 20 heavy (non-hydrogen) atoms. The van der Waals surface area contributed by atoms with Gasteiger partial charge in [0.1, 0.15) is 23.4 Å². The molecule has 104 valence electrons. The van der Waals surface area contributed by atoms with Crippen molar-refractivity contribution in [3.8, 4) is 0 Å². The molecule has 0 bridgehead atoms. The van der Waals surface area contributed by atoms with Crippen molar-refractivity contribution < 1.29 is 13.6 Å². The fraction of sp³-hybridized carbons (Fsp3) is 0.250. The maximum atomic E-state index is 13.8. The summed E-state index contributed by atoms with van der Waals surface area (Å²) in [5.41, 5.74) is 6.36. The minimum absolute atomic E-state index is 0.0142. The molecule has 3 rings (SSSR count). The summed E-state index contributed by atoms with van der Waals surface area (Å²) in [5.74, 6) is -2.06. The van der Waals surface area contributed by atoms with Crippen LogP contribution in [0.2, 0.25) is 0 Å². The lowest BCUT2D eigenvalue weighted by Crippen LogP contribution is -2.31. The van der Waals surface area contributed by atoms with Gasteiger partial charge in [0.25, 0.3) is 0 Å². The topological polar surface area (TPSA) is 77.0 Å². The summed E-state index contributed by atoms with van der Waals surface area (Å²) < 4.78 is 28.6. The number of hydrogen-bond acceptors (Lipinski definition) is 4. The van der Waals surface area contributed by atoms with Crippen LogP contribution in [0, 0.1) is 11.6 Å². The van der Waals surface area contributed by atoms with Gasteiger partial charge in [-0.1, -0.05) is 5.21 Å². The molecule has 1 aromatic carbocycles. The summed E-state index contributed by atoms with van der Waals surface area (Å²) in [6.07, 6.45) is 1.62. The van der Waals surface area contributed by atoms with Crippen LogP contribution >= 0.6 is 0 Å². The Hall–Kier alpha value is -2.35. The Morgan fingerprint density at radius 1 is 1.40 bits per heavy atom. The molecular weight excluding hydrogens is 268 g/mol. The average molecular weight is 279 g/mol. The maximum Gasteiger partial charge on any atom is 0.249 e. The summed E-state index contributed by atoms with van der Waals surface area (Å²) in [5, 5.41) is 7.59. The van der Waals surface area contributed by atoms with Crippen LogP contribution in [0.1, 0.15) is 17.3 Å². The van der Waals surface area contributed by atoms with E-state index in [4.69, 9.17) is 5.73 Å². The molecule has 2 aromatic rings. The zero-order valence-corrected chi connectivity index (χ0v) is 10.5. The monoisotopic (exact) mass is 279 g/mol. The molecule has 1 amide bonds. The van der Waals surface area contributed by atoms with Gasteiger partial charge in [-0.15, -0.1) is 5.10 Å². The molecule has 6 nitrogen and oxygen atoms in total. The zero-order valence-electron chi connectivity index (χ0n) is 10.5. The Labute approximate surface area is 112 Å². The molecule has 2 N–H and O–H groups in total. The Balaban J connectivity index is 2.03. The molecule has 0 aliphatic carbocycles. The van der Waals surface area contributed by atoms with Crippen LogP contribution in [-0.2, 0) is 18.4 Å². The number of amides is 1.